The normalized spacial score (nSPS) is 16.1. The average Bonchev–Trinajstić information content (AvgIpc) is 1.87. The summed E-state index contributed by atoms with van der Waals surface area (Å²) in [6.07, 6.45) is 0.756. The van der Waals surface area contributed by atoms with Gasteiger partial charge in [0.2, 0.25) is 0 Å². The third kappa shape index (κ3) is 2.51. The van der Waals surface area contributed by atoms with E-state index in [0.717, 1.165) is 6.42 Å². The Hall–Kier alpha value is 0.0274. The topological polar surface area (TPSA) is 63.3 Å². The standard InChI is InChI=1S/C8H17NO2.Li.H/c1-5-7(2,3)8(4,9)6(10)11;;/h5,9H2,1-4H3,(H,10,11);;. The second kappa shape index (κ2) is 4.32. The predicted octanol–water partition coefficient (Wildman–Crippen LogP) is 0.576. The first kappa shape index (κ1) is 14.5. The molecular formula is C8H18LiNO2. The summed E-state index contributed by atoms with van der Waals surface area (Å²) in [6.45, 7) is 7.22. The third-order valence-corrected chi connectivity index (χ3v) is 2.73. The second-order valence-corrected chi connectivity index (χ2v) is 3.74. The molecule has 0 aromatic rings. The molecule has 0 amide bonds. The summed E-state index contributed by atoms with van der Waals surface area (Å²) >= 11 is 0. The fraction of sp³-hybridized carbons (Fsp3) is 0.875. The zero-order valence-electron chi connectivity index (χ0n) is 7.64. The van der Waals surface area contributed by atoms with E-state index in [9.17, 15) is 4.79 Å². The molecule has 0 heterocycles. The number of carboxylic acid groups (broad SMARTS) is 1. The molecule has 1 atom stereocenters. The van der Waals surface area contributed by atoms with Crippen LogP contribution in [0.25, 0.3) is 0 Å². The van der Waals surface area contributed by atoms with Crippen LogP contribution in [0.15, 0.2) is 0 Å². The minimum atomic E-state index is -1.14. The SMILES string of the molecule is CCC(C)(C)C(C)(N)C(=O)O.[LiH]. The van der Waals surface area contributed by atoms with Crippen molar-refractivity contribution in [2.24, 2.45) is 11.1 Å². The van der Waals surface area contributed by atoms with Gasteiger partial charge in [0.25, 0.3) is 0 Å². The van der Waals surface area contributed by atoms with Gasteiger partial charge in [0.1, 0.15) is 5.54 Å². The maximum absolute atomic E-state index is 10.7. The van der Waals surface area contributed by atoms with Crippen LogP contribution in [0.2, 0.25) is 0 Å². The summed E-state index contributed by atoms with van der Waals surface area (Å²) < 4.78 is 0. The van der Waals surface area contributed by atoms with Crippen LogP contribution in [-0.4, -0.2) is 35.5 Å². The molecule has 3 N–H and O–H groups in total. The molecule has 0 spiro atoms. The first-order chi connectivity index (χ1) is 4.75. The van der Waals surface area contributed by atoms with Gasteiger partial charge in [-0.05, 0) is 18.8 Å². The van der Waals surface area contributed by atoms with Crippen molar-refractivity contribution in [3.05, 3.63) is 0 Å². The number of aliphatic carboxylic acids is 1. The number of hydrogen-bond donors (Lipinski definition) is 2. The fourth-order valence-corrected chi connectivity index (χ4v) is 0.657. The van der Waals surface area contributed by atoms with Crippen LogP contribution in [0, 0.1) is 5.41 Å². The average molecular weight is 167 g/mol. The van der Waals surface area contributed by atoms with E-state index in [1.165, 1.54) is 0 Å². The van der Waals surface area contributed by atoms with Gasteiger partial charge in [-0.1, -0.05) is 20.8 Å². The zero-order valence-corrected chi connectivity index (χ0v) is 7.64. The van der Waals surface area contributed by atoms with E-state index in [-0.39, 0.29) is 24.3 Å². The monoisotopic (exact) mass is 167 g/mol. The van der Waals surface area contributed by atoms with Crippen LogP contribution >= 0.6 is 0 Å². The van der Waals surface area contributed by atoms with Gasteiger partial charge in [-0.25, -0.2) is 0 Å². The van der Waals surface area contributed by atoms with Crippen LogP contribution < -0.4 is 5.73 Å². The molecule has 0 saturated heterocycles. The summed E-state index contributed by atoms with van der Waals surface area (Å²) in [5.41, 5.74) is 4.15. The van der Waals surface area contributed by atoms with Crippen LogP contribution in [0.5, 0.6) is 0 Å². The fourth-order valence-electron chi connectivity index (χ4n) is 0.657. The maximum atomic E-state index is 10.7. The van der Waals surface area contributed by atoms with E-state index in [0.29, 0.717) is 0 Å². The van der Waals surface area contributed by atoms with Crippen molar-refractivity contribution < 1.29 is 9.90 Å². The van der Waals surface area contributed by atoms with E-state index in [1.54, 1.807) is 6.92 Å². The molecule has 0 aliphatic rings. The van der Waals surface area contributed by atoms with Crippen molar-refractivity contribution >= 4 is 24.8 Å². The van der Waals surface area contributed by atoms with Crippen molar-refractivity contribution in [3.8, 4) is 0 Å². The molecule has 3 nitrogen and oxygen atoms in total. The molecule has 0 bridgehead atoms. The zero-order chi connectivity index (χ0) is 9.28. The van der Waals surface area contributed by atoms with Gasteiger partial charge in [0, 0.05) is 0 Å². The van der Waals surface area contributed by atoms with E-state index < -0.39 is 11.5 Å². The Bertz CT molecular complexity index is 166. The van der Waals surface area contributed by atoms with Crippen LogP contribution in [0.3, 0.4) is 0 Å². The molecular weight excluding hydrogens is 149 g/mol. The summed E-state index contributed by atoms with van der Waals surface area (Å²) in [7, 11) is 0. The molecule has 12 heavy (non-hydrogen) atoms. The number of carboxylic acids is 1. The van der Waals surface area contributed by atoms with Crippen molar-refractivity contribution in [2.45, 2.75) is 39.7 Å². The van der Waals surface area contributed by atoms with Crippen LogP contribution in [0.4, 0.5) is 0 Å². The Morgan fingerprint density at radius 1 is 1.42 bits per heavy atom. The van der Waals surface area contributed by atoms with E-state index in [4.69, 9.17) is 10.8 Å². The van der Waals surface area contributed by atoms with E-state index in [1.807, 2.05) is 20.8 Å². The second-order valence-electron chi connectivity index (χ2n) is 3.74. The number of rotatable bonds is 3. The van der Waals surface area contributed by atoms with Gasteiger partial charge in [-0.15, -0.1) is 0 Å². The quantitative estimate of drug-likeness (QED) is 0.604. The number of hydrogen-bond acceptors (Lipinski definition) is 2. The van der Waals surface area contributed by atoms with Crippen LogP contribution in [-0.2, 0) is 4.79 Å². The summed E-state index contributed by atoms with van der Waals surface area (Å²) in [5, 5.41) is 8.78. The first-order valence-corrected chi connectivity index (χ1v) is 3.78. The van der Waals surface area contributed by atoms with Crippen molar-refractivity contribution in [1.29, 1.82) is 0 Å². The molecule has 68 valence electrons. The van der Waals surface area contributed by atoms with Crippen molar-refractivity contribution in [3.63, 3.8) is 0 Å². The molecule has 0 radical (unpaired) electrons. The Morgan fingerprint density at radius 2 is 1.75 bits per heavy atom. The molecule has 4 heteroatoms. The van der Waals surface area contributed by atoms with Gasteiger partial charge < -0.3 is 10.8 Å². The summed E-state index contributed by atoms with van der Waals surface area (Å²) in [6, 6.07) is 0. The van der Waals surface area contributed by atoms with Crippen molar-refractivity contribution in [2.75, 3.05) is 0 Å². The van der Waals surface area contributed by atoms with Crippen LogP contribution in [0.1, 0.15) is 34.1 Å². The molecule has 0 fully saturated rings. The molecule has 0 aromatic heterocycles. The summed E-state index contributed by atoms with van der Waals surface area (Å²) in [5.74, 6) is -0.940. The summed E-state index contributed by atoms with van der Waals surface area (Å²) in [4.78, 5) is 10.7. The Balaban J connectivity index is 0. The number of carbonyl (C=O) groups is 1. The first-order valence-electron chi connectivity index (χ1n) is 3.78. The van der Waals surface area contributed by atoms with Gasteiger partial charge in [0.05, 0.1) is 0 Å². The Labute approximate surface area is 85.9 Å². The Kier molecular flexibility index (Phi) is 5.23. The Morgan fingerprint density at radius 3 is 1.83 bits per heavy atom. The third-order valence-electron chi connectivity index (χ3n) is 2.73. The molecule has 0 aliphatic carbocycles. The molecule has 0 aromatic carbocycles. The van der Waals surface area contributed by atoms with Gasteiger partial charge in [-0.3, -0.25) is 4.79 Å². The van der Waals surface area contributed by atoms with Gasteiger partial charge in [0.15, 0.2) is 0 Å². The van der Waals surface area contributed by atoms with Gasteiger partial charge in [-0.2, -0.15) is 0 Å². The molecule has 0 aliphatic heterocycles. The minimum absolute atomic E-state index is 0. The van der Waals surface area contributed by atoms with E-state index >= 15 is 0 Å². The van der Waals surface area contributed by atoms with Crippen molar-refractivity contribution in [1.82, 2.24) is 0 Å². The number of nitrogens with two attached hydrogens (primary N) is 1. The molecule has 1 unspecified atom stereocenters. The predicted molar refractivity (Wildman–Crippen MR) is 51.4 cm³/mol. The molecule has 0 rings (SSSR count). The van der Waals surface area contributed by atoms with Gasteiger partial charge >= 0.3 is 24.8 Å². The molecule has 0 saturated carbocycles. The van der Waals surface area contributed by atoms with E-state index in [2.05, 4.69) is 0 Å².